The van der Waals surface area contributed by atoms with Crippen LogP contribution in [0.5, 0.6) is 5.75 Å². The van der Waals surface area contributed by atoms with Crippen molar-refractivity contribution in [3.05, 3.63) is 65.7 Å². The smallest absolute Gasteiger partial charge is 0.244 e. The number of ether oxygens (including phenoxy) is 1. The zero-order valence-electron chi connectivity index (χ0n) is 16.9. The number of nitrogens with two attached hydrogens (primary N) is 1. The number of carbonyl (C=O) groups excluding carboxylic acids is 1. The molecule has 0 aliphatic carbocycles. The van der Waals surface area contributed by atoms with Gasteiger partial charge in [-0.2, -0.15) is 0 Å². The van der Waals surface area contributed by atoms with E-state index in [0.717, 1.165) is 24.4 Å². The van der Waals surface area contributed by atoms with Crippen LogP contribution in [-0.4, -0.2) is 37.6 Å². The Bertz CT molecular complexity index is 753. The van der Waals surface area contributed by atoms with E-state index >= 15 is 0 Å². The van der Waals surface area contributed by atoms with Crippen molar-refractivity contribution in [1.29, 1.82) is 0 Å². The minimum Gasteiger partial charge on any atom is -0.497 e. The predicted octanol–water partition coefficient (Wildman–Crippen LogP) is 3.21. The number of rotatable bonds is 7. The fraction of sp³-hybridized carbons (Fsp3) is 0.435. The van der Waals surface area contributed by atoms with Crippen LogP contribution in [0.3, 0.4) is 0 Å². The summed E-state index contributed by atoms with van der Waals surface area (Å²) in [6, 6.07) is 17.8. The first-order chi connectivity index (χ1) is 13.5. The zero-order valence-corrected chi connectivity index (χ0v) is 16.9. The van der Waals surface area contributed by atoms with Crippen LogP contribution in [0.15, 0.2) is 54.6 Å². The lowest BCUT2D eigenvalue weighted by atomic mass is 9.92. The summed E-state index contributed by atoms with van der Waals surface area (Å²) < 4.78 is 5.29. The number of hydrogen-bond acceptors (Lipinski definition) is 4. The summed E-state index contributed by atoms with van der Waals surface area (Å²) in [4.78, 5) is 15.4. The standard InChI is InChI=1S/C23H31N3O2/c1-23(24,19-9-5-3-6-10-19)22(27)25-17-21(26-15-7-4-8-16-26)18-11-13-20(28-2)14-12-18/h3,5-6,9-14,21H,4,7-8,15-17,24H2,1-2H3,(H,25,27). The lowest BCUT2D eigenvalue weighted by Crippen LogP contribution is -2.51. The average Bonchev–Trinajstić information content (AvgIpc) is 2.75. The molecule has 2 aromatic rings. The fourth-order valence-corrected chi connectivity index (χ4v) is 3.80. The van der Waals surface area contributed by atoms with Crippen molar-refractivity contribution in [3.8, 4) is 5.75 Å². The number of carbonyl (C=O) groups is 1. The second kappa shape index (κ2) is 9.22. The largest absolute Gasteiger partial charge is 0.497 e. The van der Waals surface area contributed by atoms with Crippen molar-refractivity contribution in [2.75, 3.05) is 26.7 Å². The molecule has 2 unspecified atom stereocenters. The van der Waals surface area contributed by atoms with Gasteiger partial charge in [-0.25, -0.2) is 0 Å². The van der Waals surface area contributed by atoms with Gasteiger partial charge in [0.15, 0.2) is 0 Å². The third kappa shape index (κ3) is 4.72. The van der Waals surface area contributed by atoms with Crippen molar-refractivity contribution in [1.82, 2.24) is 10.2 Å². The van der Waals surface area contributed by atoms with Crippen molar-refractivity contribution >= 4 is 5.91 Å². The van der Waals surface area contributed by atoms with Crippen molar-refractivity contribution in [2.24, 2.45) is 5.73 Å². The molecule has 1 aliphatic rings. The Morgan fingerprint density at radius 1 is 1.11 bits per heavy atom. The maximum Gasteiger partial charge on any atom is 0.244 e. The molecule has 0 aromatic heterocycles. The molecule has 1 amide bonds. The van der Waals surface area contributed by atoms with Gasteiger partial charge in [0, 0.05) is 6.54 Å². The maximum atomic E-state index is 12.9. The minimum atomic E-state index is -1.06. The Hall–Kier alpha value is -2.37. The molecule has 150 valence electrons. The minimum absolute atomic E-state index is 0.127. The van der Waals surface area contributed by atoms with E-state index < -0.39 is 5.54 Å². The quantitative estimate of drug-likeness (QED) is 0.773. The summed E-state index contributed by atoms with van der Waals surface area (Å²) in [5, 5.41) is 3.11. The second-order valence-corrected chi connectivity index (χ2v) is 7.66. The van der Waals surface area contributed by atoms with Crippen LogP contribution in [0.2, 0.25) is 0 Å². The van der Waals surface area contributed by atoms with Crippen LogP contribution >= 0.6 is 0 Å². The summed E-state index contributed by atoms with van der Waals surface area (Å²) in [5.41, 5.74) is 7.31. The molecule has 0 saturated carbocycles. The molecule has 0 radical (unpaired) electrons. The molecular weight excluding hydrogens is 350 g/mol. The van der Waals surface area contributed by atoms with Gasteiger partial charge in [0.2, 0.25) is 5.91 Å². The predicted molar refractivity (Wildman–Crippen MR) is 112 cm³/mol. The molecule has 2 aromatic carbocycles. The molecule has 1 aliphatic heterocycles. The fourth-order valence-electron chi connectivity index (χ4n) is 3.80. The van der Waals surface area contributed by atoms with Crippen LogP contribution < -0.4 is 15.8 Å². The van der Waals surface area contributed by atoms with Crippen LogP contribution in [0.25, 0.3) is 0 Å². The first-order valence-corrected chi connectivity index (χ1v) is 10.0. The number of piperidine rings is 1. The van der Waals surface area contributed by atoms with Crippen LogP contribution in [0.1, 0.15) is 43.4 Å². The third-order valence-electron chi connectivity index (χ3n) is 5.63. The number of methoxy groups -OCH3 is 1. The number of likely N-dealkylation sites (tertiary alicyclic amines) is 1. The first kappa shape index (κ1) is 20.4. The van der Waals surface area contributed by atoms with Crippen LogP contribution in [0, 0.1) is 0 Å². The highest BCUT2D eigenvalue weighted by Gasteiger charge is 2.31. The number of hydrogen-bond donors (Lipinski definition) is 2. The molecule has 2 atom stereocenters. The highest BCUT2D eigenvalue weighted by Crippen LogP contribution is 2.26. The molecule has 0 spiro atoms. The topological polar surface area (TPSA) is 67.6 Å². The molecule has 3 N–H and O–H groups in total. The molecule has 5 heteroatoms. The highest BCUT2D eigenvalue weighted by molar-refractivity contribution is 5.87. The van der Waals surface area contributed by atoms with E-state index in [1.165, 1.54) is 24.8 Å². The maximum absolute atomic E-state index is 12.9. The third-order valence-corrected chi connectivity index (χ3v) is 5.63. The number of nitrogens with one attached hydrogen (secondary N) is 1. The summed E-state index contributed by atoms with van der Waals surface area (Å²) in [7, 11) is 1.67. The lowest BCUT2D eigenvalue weighted by Gasteiger charge is -2.36. The van der Waals surface area contributed by atoms with Gasteiger partial charge >= 0.3 is 0 Å². The lowest BCUT2D eigenvalue weighted by molar-refractivity contribution is -0.126. The van der Waals surface area contributed by atoms with E-state index in [1.807, 2.05) is 42.5 Å². The molecule has 1 saturated heterocycles. The normalized spacial score (nSPS) is 18.1. The number of benzene rings is 2. The highest BCUT2D eigenvalue weighted by atomic mass is 16.5. The number of nitrogens with zero attached hydrogens (tertiary/aromatic N) is 1. The van der Waals surface area contributed by atoms with E-state index in [9.17, 15) is 4.79 Å². The van der Waals surface area contributed by atoms with Gasteiger partial charge in [0.1, 0.15) is 11.3 Å². The Morgan fingerprint density at radius 2 is 1.75 bits per heavy atom. The molecule has 1 heterocycles. The molecule has 0 bridgehead atoms. The van der Waals surface area contributed by atoms with Gasteiger partial charge in [0.25, 0.3) is 0 Å². The molecule has 1 fully saturated rings. The second-order valence-electron chi connectivity index (χ2n) is 7.66. The van der Waals surface area contributed by atoms with Gasteiger partial charge in [0.05, 0.1) is 13.2 Å². The molecule has 3 rings (SSSR count). The van der Waals surface area contributed by atoms with Crippen molar-refractivity contribution < 1.29 is 9.53 Å². The van der Waals surface area contributed by atoms with Crippen LogP contribution in [-0.2, 0) is 10.3 Å². The van der Waals surface area contributed by atoms with Crippen molar-refractivity contribution in [3.63, 3.8) is 0 Å². The van der Waals surface area contributed by atoms with E-state index in [1.54, 1.807) is 14.0 Å². The van der Waals surface area contributed by atoms with Gasteiger partial charge in [-0.05, 0) is 56.1 Å². The molecular formula is C23H31N3O2. The Balaban J connectivity index is 1.74. The van der Waals surface area contributed by atoms with Crippen LogP contribution in [0.4, 0.5) is 0 Å². The van der Waals surface area contributed by atoms with Gasteiger partial charge in [-0.1, -0.05) is 48.9 Å². The SMILES string of the molecule is COc1ccc(C(CNC(=O)C(C)(N)c2ccccc2)N2CCCCC2)cc1. The molecule has 5 nitrogen and oxygen atoms in total. The van der Waals surface area contributed by atoms with Gasteiger partial charge in [-0.3, -0.25) is 9.69 Å². The summed E-state index contributed by atoms with van der Waals surface area (Å²) in [5.74, 6) is 0.679. The Labute approximate surface area is 167 Å². The van der Waals surface area contributed by atoms with Crippen molar-refractivity contribution in [2.45, 2.75) is 37.8 Å². The number of amides is 1. The Morgan fingerprint density at radius 3 is 2.36 bits per heavy atom. The first-order valence-electron chi connectivity index (χ1n) is 10.0. The van der Waals surface area contributed by atoms with E-state index in [0.29, 0.717) is 6.54 Å². The summed E-state index contributed by atoms with van der Waals surface area (Å²) >= 11 is 0. The van der Waals surface area contributed by atoms with E-state index in [2.05, 4.69) is 22.3 Å². The van der Waals surface area contributed by atoms with Gasteiger partial charge < -0.3 is 15.8 Å². The summed E-state index contributed by atoms with van der Waals surface area (Å²) in [6.07, 6.45) is 3.66. The average molecular weight is 382 g/mol. The van der Waals surface area contributed by atoms with E-state index in [-0.39, 0.29) is 11.9 Å². The summed E-state index contributed by atoms with van der Waals surface area (Å²) in [6.45, 7) is 4.39. The molecule has 28 heavy (non-hydrogen) atoms. The monoisotopic (exact) mass is 381 g/mol. The Kier molecular flexibility index (Phi) is 6.70. The van der Waals surface area contributed by atoms with E-state index in [4.69, 9.17) is 10.5 Å². The zero-order chi connectivity index (χ0) is 20.0. The van der Waals surface area contributed by atoms with Gasteiger partial charge in [-0.15, -0.1) is 0 Å².